The van der Waals surface area contributed by atoms with Gasteiger partial charge in [-0.25, -0.2) is 9.97 Å². The van der Waals surface area contributed by atoms with E-state index >= 15 is 0 Å². The number of morpholine rings is 1. The topological polar surface area (TPSA) is 91.1 Å². The van der Waals surface area contributed by atoms with Gasteiger partial charge in [0.25, 0.3) is 0 Å². The van der Waals surface area contributed by atoms with Crippen LogP contribution in [0.5, 0.6) is 0 Å². The van der Waals surface area contributed by atoms with Gasteiger partial charge in [0.2, 0.25) is 5.91 Å². The molecule has 2 aromatic carbocycles. The number of hydrogen-bond donors (Lipinski definition) is 1. The van der Waals surface area contributed by atoms with Crippen molar-refractivity contribution >= 4 is 22.8 Å². The van der Waals surface area contributed by atoms with Gasteiger partial charge in [-0.2, -0.15) is 5.26 Å². The zero-order chi connectivity index (χ0) is 20.8. The number of rotatable bonds is 6. The lowest BCUT2D eigenvalue weighted by molar-refractivity contribution is -0.121. The first-order valence-electron chi connectivity index (χ1n) is 10.1. The van der Waals surface area contributed by atoms with Gasteiger partial charge in [-0.05, 0) is 24.1 Å². The van der Waals surface area contributed by atoms with E-state index in [4.69, 9.17) is 9.72 Å². The maximum atomic E-state index is 12.9. The van der Waals surface area contributed by atoms with Gasteiger partial charge in [0, 0.05) is 19.6 Å². The molecule has 0 radical (unpaired) electrons. The Hall–Kier alpha value is -3.50. The van der Waals surface area contributed by atoms with Gasteiger partial charge in [-0.3, -0.25) is 4.79 Å². The monoisotopic (exact) mass is 401 g/mol. The summed E-state index contributed by atoms with van der Waals surface area (Å²) in [6.07, 6.45) is 0.699. The number of nitrogens with one attached hydrogen (secondary N) is 1. The smallest absolute Gasteiger partial charge is 0.243 e. The van der Waals surface area contributed by atoms with Crippen LogP contribution in [0.4, 0.5) is 5.82 Å². The number of anilines is 1. The zero-order valence-corrected chi connectivity index (χ0v) is 16.6. The van der Waals surface area contributed by atoms with E-state index in [0.717, 1.165) is 11.1 Å². The van der Waals surface area contributed by atoms with Gasteiger partial charge >= 0.3 is 0 Å². The van der Waals surface area contributed by atoms with Crippen molar-refractivity contribution in [3.8, 4) is 6.07 Å². The molecule has 0 bridgehead atoms. The van der Waals surface area contributed by atoms with Crippen LogP contribution in [0.15, 0.2) is 54.6 Å². The van der Waals surface area contributed by atoms with E-state index in [-0.39, 0.29) is 5.91 Å². The third-order valence-corrected chi connectivity index (χ3v) is 5.11. The van der Waals surface area contributed by atoms with Crippen LogP contribution in [-0.4, -0.2) is 48.7 Å². The van der Waals surface area contributed by atoms with Gasteiger partial charge in [-0.15, -0.1) is 0 Å². The fraction of sp³-hybridized carbons (Fsp3) is 0.304. The van der Waals surface area contributed by atoms with Crippen molar-refractivity contribution in [2.45, 2.75) is 12.3 Å². The molecular formula is C23H23N5O2. The Bertz CT molecular complexity index is 1060. The van der Waals surface area contributed by atoms with Gasteiger partial charge < -0.3 is 15.0 Å². The lowest BCUT2D eigenvalue weighted by Gasteiger charge is -2.29. The molecule has 3 aromatic rings. The van der Waals surface area contributed by atoms with Crippen LogP contribution in [0, 0.1) is 11.3 Å². The molecule has 1 saturated heterocycles. The number of nitriles is 1. The summed E-state index contributed by atoms with van der Waals surface area (Å²) in [5.74, 6) is -0.801. The number of benzene rings is 2. The highest BCUT2D eigenvalue weighted by molar-refractivity contribution is 5.88. The third-order valence-electron chi connectivity index (χ3n) is 5.11. The number of ether oxygens (including phenoxy) is 1. The first-order chi connectivity index (χ1) is 14.8. The number of para-hydroxylation sites is 2. The highest BCUT2D eigenvalue weighted by atomic mass is 16.5. The van der Waals surface area contributed by atoms with Gasteiger partial charge in [0.15, 0.2) is 11.7 Å². The number of carbonyl (C=O) groups excluding carboxylic acids is 1. The summed E-state index contributed by atoms with van der Waals surface area (Å²) in [4.78, 5) is 24.4. The summed E-state index contributed by atoms with van der Waals surface area (Å²) in [5, 5.41) is 12.7. The van der Waals surface area contributed by atoms with Crippen molar-refractivity contribution in [2.75, 3.05) is 37.7 Å². The normalized spacial score (nSPS) is 14.8. The second kappa shape index (κ2) is 9.33. The number of fused-ring (bicyclic) bond motifs is 1. The summed E-state index contributed by atoms with van der Waals surface area (Å²) in [6.45, 7) is 2.90. The van der Waals surface area contributed by atoms with Crippen LogP contribution in [0.25, 0.3) is 11.0 Å². The zero-order valence-electron chi connectivity index (χ0n) is 16.6. The van der Waals surface area contributed by atoms with E-state index in [9.17, 15) is 10.1 Å². The minimum Gasteiger partial charge on any atom is -0.378 e. The average Bonchev–Trinajstić information content (AvgIpc) is 2.80. The summed E-state index contributed by atoms with van der Waals surface area (Å²) in [6, 6.07) is 19.6. The van der Waals surface area contributed by atoms with Crippen molar-refractivity contribution in [3.63, 3.8) is 0 Å². The fourth-order valence-electron chi connectivity index (χ4n) is 3.53. The predicted molar refractivity (Wildman–Crippen MR) is 114 cm³/mol. The highest BCUT2D eigenvalue weighted by Gasteiger charge is 2.29. The molecule has 1 aromatic heterocycles. The summed E-state index contributed by atoms with van der Waals surface area (Å²) in [7, 11) is 0. The minimum atomic E-state index is -1.03. The molecule has 0 saturated carbocycles. The summed E-state index contributed by atoms with van der Waals surface area (Å²) >= 11 is 0. The largest absolute Gasteiger partial charge is 0.378 e. The van der Waals surface area contributed by atoms with E-state index in [1.165, 1.54) is 0 Å². The molecular weight excluding hydrogens is 378 g/mol. The quantitative estimate of drug-likeness (QED) is 0.682. The second-order valence-corrected chi connectivity index (χ2v) is 7.11. The Kier molecular flexibility index (Phi) is 6.16. The molecule has 30 heavy (non-hydrogen) atoms. The second-order valence-electron chi connectivity index (χ2n) is 7.11. The maximum Gasteiger partial charge on any atom is 0.243 e. The Morgan fingerprint density at radius 2 is 1.73 bits per heavy atom. The number of nitrogens with zero attached hydrogens (tertiary/aromatic N) is 4. The van der Waals surface area contributed by atoms with Gasteiger partial charge in [0.05, 0.1) is 30.3 Å². The molecule has 0 unspecified atom stereocenters. The van der Waals surface area contributed by atoms with Crippen molar-refractivity contribution in [3.05, 3.63) is 65.9 Å². The molecule has 1 aliphatic rings. The maximum absolute atomic E-state index is 12.9. The molecule has 152 valence electrons. The van der Waals surface area contributed by atoms with E-state index in [0.29, 0.717) is 56.3 Å². The summed E-state index contributed by atoms with van der Waals surface area (Å²) < 4.78 is 5.44. The molecule has 0 aliphatic carbocycles. The fourth-order valence-corrected chi connectivity index (χ4v) is 3.53. The van der Waals surface area contributed by atoms with Crippen LogP contribution in [0.3, 0.4) is 0 Å². The molecule has 1 atom stereocenters. The Morgan fingerprint density at radius 3 is 2.43 bits per heavy atom. The van der Waals surface area contributed by atoms with Crippen LogP contribution in [0.1, 0.15) is 17.2 Å². The van der Waals surface area contributed by atoms with E-state index in [1.54, 1.807) is 0 Å². The summed E-state index contributed by atoms with van der Waals surface area (Å²) in [5.41, 5.74) is 2.94. The molecule has 4 rings (SSSR count). The highest BCUT2D eigenvalue weighted by Crippen LogP contribution is 2.27. The van der Waals surface area contributed by atoms with Crippen LogP contribution in [-0.2, 0) is 16.0 Å². The first kappa shape index (κ1) is 19.8. The molecule has 7 heteroatoms. The molecule has 2 heterocycles. The third kappa shape index (κ3) is 4.39. The number of aromatic nitrogens is 2. The molecule has 1 aliphatic heterocycles. The standard InChI is InChI=1S/C23H23N5O2/c24-16-18(23(29)25-11-10-17-6-2-1-3-7-17)21-22(28-12-14-30-15-13-28)27-20-9-5-4-8-19(20)26-21/h1-9,18H,10-15H2,(H,25,29)/t18-/m0/s1. The number of hydrogen-bond acceptors (Lipinski definition) is 6. The van der Waals surface area contributed by atoms with Crippen LogP contribution < -0.4 is 10.2 Å². The van der Waals surface area contributed by atoms with E-state index < -0.39 is 5.92 Å². The lowest BCUT2D eigenvalue weighted by Crippen LogP contribution is -2.39. The number of carbonyl (C=O) groups is 1. The van der Waals surface area contributed by atoms with Crippen molar-refractivity contribution in [1.82, 2.24) is 15.3 Å². The van der Waals surface area contributed by atoms with E-state index in [2.05, 4.69) is 16.4 Å². The van der Waals surface area contributed by atoms with Crippen LogP contribution >= 0.6 is 0 Å². The molecule has 7 nitrogen and oxygen atoms in total. The SMILES string of the molecule is N#C[C@H](C(=O)NCCc1ccccc1)c1nc2ccccc2nc1N1CCOCC1. The Balaban J connectivity index is 1.59. The van der Waals surface area contributed by atoms with Crippen molar-refractivity contribution in [2.24, 2.45) is 0 Å². The minimum absolute atomic E-state index is 0.354. The van der Waals surface area contributed by atoms with Crippen LogP contribution in [0.2, 0.25) is 0 Å². The van der Waals surface area contributed by atoms with Crippen molar-refractivity contribution in [1.29, 1.82) is 5.26 Å². The van der Waals surface area contributed by atoms with Gasteiger partial charge in [-0.1, -0.05) is 42.5 Å². The molecule has 1 N–H and O–H groups in total. The average molecular weight is 401 g/mol. The Labute approximate surface area is 175 Å². The predicted octanol–water partition coefficient (Wildman–Crippen LogP) is 2.43. The van der Waals surface area contributed by atoms with Gasteiger partial charge in [0.1, 0.15) is 5.69 Å². The first-order valence-corrected chi connectivity index (χ1v) is 10.1. The Morgan fingerprint density at radius 1 is 1.07 bits per heavy atom. The molecule has 1 fully saturated rings. The van der Waals surface area contributed by atoms with Crippen molar-refractivity contribution < 1.29 is 9.53 Å². The lowest BCUT2D eigenvalue weighted by atomic mass is 10.0. The van der Waals surface area contributed by atoms with E-state index in [1.807, 2.05) is 59.5 Å². The molecule has 0 spiro atoms. The number of amides is 1. The molecule has 1 amide bonds.